The summed E-state index contributed by atoms with van der Waals surface area (Å²) in [5.74, 6) is 0. The van der Waals surface area contributed by atoms with Crippen LogP contribution in [0.15, 0.2) is 41.3 Å². The van der Waals surface area contributed by atoms with E-state index in [1.165, 1.54) is 11.9 Å². The second-order valence-electron chi connectivity index (χ2n) is 4.41. The van der Waals surface area contributed by atoms with E-state index in [2.05, 4.69) is 30.5 Å². The summed E-state index contributed by atoms with van der Waals surface area (Å²) >= 11 is 15.5. The largest absolute Gasteiger partial charge is 0.331 e. The summed E-state index contributed by atoms with van der Waals surface area (Å²) in [6, 6.07) is 7.87. The van der Waals surface area contributed by atoms with E-state index < -0.39 is 0 Å². The maximum atomic E-state index is 6.10. The van der Waals surface area contributed by atoms with Crippen molar-refractivity contribution in [3.05, 3.63) is 57.0 Å². The summed E-state index contributed by atoms with van der Waals surface area (Å²) in [6.45, 7) is 0.817. The van der Waals surface area contributed by atoms with E-state index in [0.717, 1.165) is 33.5 Å². The number of aryl methyl sites for hydroxylation is 2. The van der Waals surface area contributed by atoms with E-state index in [-0.39, 0.29) is 0 Å². The van der Waals surface area contributed by atoms with Gasteiger partial charge in [-0.3, -0.25) is 0 Å². The summed E-state index contributed by atoms with van der Waals surface area (Å²) in [5, 5.41) is 2.07. The highest BCUT2D eigenvalue weighted by molar-refractivity contribution is 9.10. The minimum atomic E-state index is 0.465. The Morgan fingerprint density at radius 1 is 1.10 bits per heavy atom. The number of fused-ring (bicyclic) bond motifs is 1. The SMILES string of the molecule is Clc1ccc(CCn2cc(Br)c3c(Cl)ncnc32)cc1. The molecule has 6 heteroatoms. The molecule has 0 N–H and O–H groups in total. The number of rotatable bonds is 3. The molecule has 0 saturated heterocycles. The van der Waals surface area contributed by atoms with Crippen molar-refractivity contribution >= 4 is 50.2 Å². The highest BCUT2D eigenvalue weighted by Crippen LogP contribution is 2.29. The predicted octanol–water partition coefficient (Wildman–Crippen LogP) is 4.74. The third-order valence-electron chi connectivity index (χ3n) is 3.12. The first-order valence-electron chi connectivity index (χ1n) is 6.04. The molecule has 0 spiro atoms. The van der Waals surface area contributed by atoms with Crippen LogP contribution in [0, 0.1) is 0 Å². The highest BCUT2D eigenvalue weighted by Gasteiger charge is 2.11. The number of aromatic nitrogens is 3. The van der Waals surface area contributed by atoms with Crippen molar-refractivity contribution in [1.82, 2.24) is 14.5 Å². The number of halogens is 3. The molecule has 0 unspecified atom stereocenters. The van der Waals surface area contributed by atoms with Gasteiger partial charge in [0.2, 0.25) is 0 Å². The summed E-state index contributed by atoms with van der Waals surface area (Å²) < 4.78 is 2.98. The third-order valence-corrected chi connectivity index (χ3v) is 4.26. The van der Waals surface area contributed by atoms with Gasteiger partial charge in [0.1, 0.15) is 17.1 Å². The Balaban J connectivity index is 1.88. The van der Waals surface area contributed by atoms with Crippen molar-refractivity contribution < 1.29 is 0 Å². The Hall–Kier alpha value is -1.10. The summed E-state index contributed by atoms with van der Waals surface area (Å²) in [4.78, 5) is 8.31. The molecule has 3 nitrogen and oxygen atoms in total. The number of hydrogen-bond acceptors (Lipinski definition) is 2. The lowest BCUT2D eigenvalue weighted by Crippen LogP contribution is -2.01. The van der Waals surface area contributed by atoms with Gasteiger partial charge in [0.25, 0.3) is 0 Å². The van der Waals surface area contributed by atoms with Crippen LogP contribution in [0.2, 0.25) is 10.2 Å². The lowest BCUT2D eigenvalue weighted by atomic mass is 10.1. The zero-order chi connectivity index (χ0) is 14.1. The van der Waals surface area contributed by atoms with Gasteiger partial charge in [-0.15, -0.1) is 0 Å². The second-order valence-corrected chi connectivity index (χ2v) is 6.06. The third kappa shape index (κ3) is 2.68. The average molecular weight is 371 g/mol. The van der Waals surface area contributed by atoms with Crippen molar-refractivity contribution in [3.8, 4) is 0 Å². The van der Waals surface area contributed by atoms with Crippen LogP contribution in [0.5, 0.6) is 0 Å². The van der Waals surface area contributed by atoms with E-state index in [9.17, 15) is 0 Å². The molecule has 0 atom stereocenters. The van der Waals surface area contributed by atoms with E-state index in [1.54, 1.807) is 0 Å². The van der Waals surface area contributed by atoms with E-state index >= 15 is 0 Å². The van der Waals surface area contributed by atoms with Gasteiger partial charge in [0, 0.05) is 22.2 Å². The molecule has 3 aromatic rings. The number of benzene rings is 1. The Kier molecular flexibility index (Phi) is 3.96. The first kappa shape index (κ1) is 13.9. The minimum absolute atomic E-state index is 0.465. The van der Waals surface area contributed by atoms with Crippen molar-refractivity contribution in [2.24, 2.45) is 0 Å². The molecule has 0 amide bonds. The Morgan fingerprint density at radius 2 is 1.85 bits per heavy atom. The van der Waals surface area contributed by atoms with E-state index in [4.69, 9.17) is 23.2 Å². The normalized spacial score (nSPS) is 11.2. The molecule has 0 aliphatic rings. The molecule has 0 bridgehead atoms. The Bertz CT molecular complexity index is 753. The maximum Gasteiger partial charge on any atom is 0.146 e. The topological polar surface area (TPSA) is 30.7 Å². The molecule has 1 aromatic carbocycles. The van der Waals surface area contributed by atoms with Crippen molar-refractivity contribution in [2.75, 3.05) is 0 Å². The molecule has 0 saturated carbocycles. The van der Waals surface area contributed by atoms with Gasteiger partial charge >= 0.3 is 0 Å². The van der Waals surface area contributed by atoms with Crippen LogP contribution in [0.25, 0.3) is 11.0 Å². The van der Waals surface area contributed by atoms with Crippen LogP contribution in [-0.4, -0.2) is 14.5 Å². The van der Waals surface area contributed by atoms with E-state index in [1.807, 2.05) is 30.5 Å². The fourth-order valence-corrected chi connectivity index (χ4v) is 3.19. The summed E-state index contributed by atoms with van der Waals surface area (Å²) in [5.41, 5.74) is 2.07. The van der Waals surface area contributed by atoms with Gasteiger partial charge in [-0.05, 0) is 40.0 Å². The van der Waals surface area contributed by atoms with Crippen LogP contribution in [0.3, 0.4) is 0 Å². The van der Waals surface area contributed by atoms with Crippen molar-refractivity contribution in [2.45, 2.75) is 13.0 Å². The molecule has 102 valence electrons. The fraction of sp³-hybridized carbons (Fsp3) is 0.143. The molecular formula is C14H10BrCl2N3. The minimum Gasteiger partial charge on any atom is -0.331 e. The standard InChI is InChI=1S/C14H10BrCl2N3/c15-11-7-20(14-12(11)13(17)18-8-19-14)6-5-9-1-3-10(16)4-2-9/h1-4,7-8H,5-6H2. The summed E-state index contributed by atoms with van der Waals surface area (Å²) in [6.07, 6.45) is 4.37. The first-order valence-corrected chi connectivity index (χ1v) is 7.59. The van der Waals surface area contributed by atoms with Gasteiger partial charge in [0.15, 0.2) is 0 Å². The molecule has 0 aliphatic carbocycles. The predicted molar refractivity (Wildman–Crippen MR) is 85.4 cm³/mol. The lowest BCUT2D eigenvalue weighted by Gasteiger charge is -2.05. The molecule has 2 aromatic heterocycles. The molecule has 0 aliphatic heterocycles. The smallest absolute Gasteiger partial charge is 0.146 e. The quantitative estimate of drug-likeness (QED) is 0.623. The summed E-state index contributed by atoms with van der Waals surface area (Å²) in [7, 11) is 0. The van der Waals surface area contributed by atoms with Gasteiger partial charge in [-0.1, -0.05) is 35.3 Å². The number of nitrogens with zero attached hydrogens (tertiary/aromatic N) is 3. The average Bonchev–Trinajstić information content (AvgIpc) is 2.76. The van der Waals surface area contributed by atoms with Crippen molar-refractivity contribution in [1.29, 1.82) is 0 Å². The second kappa shape index (κ2) is 5.72. The zero-order valence-corrected chi connectivity index (χ0v) is 13.5. The molecule has 2 heterocycles. The Morgan fingerprint density at radius 3 is 2.60 bits per heavy atom. The van der Waals surface area contributed by atoms with Crippen LogP contribution in [0.1, 0.15) is 5.56 Å². The van der Waals surface area contributed by atoms with Crippen molar-refractivity contribution in [3.63, 3.8) is 0 Å². The van der Waals surface area contributed by atoms with Crippen LogP contribution >= 0.6 is 39.1 Å². The van der Waals surface area contributed by atoms with Gasteiger partial charge in [-0.25, -0.2) is 9.97 Å². The van der Waals surface area contributed by atoms with Crippen LogP contribution < -0.4 is 0 Å². The molecule has 20 heavy (non-hydrogen) atoms. The zero-order valence-electron chi connectivity index (χ0n) is 10.4. The first-order chi connectivity index (χ1) is 9.65. The van der Waals surface area contributed by atoms with Gasteiger partial charge in [0.05, 0.1) is 5.39 Å². The highest BCUT2D eigenvalue weighted by atomic mass is 79.9. The monoisotopic (exact) mass is 369 g/mol. The molecule has 0 fully saturated rings. The van der Waals surface area contributed by atoms with Gasteiger partial charge in [-0.2, -0.15) is 0 Å². The maximum absolute atomic E-state index is 6.10. The van der Waals surface area contributed by atoms with Gasteiger partial charge < -0.3 is 4.57 Å². The molecular weight excluding hydrogens is 361 g/mol. The molecule has 0 radical (unpaired) electrons. The fourth-order valence-electron chi connectivity index (χ4n) is 2.11. The van der Waals surface area contributed by atoms with Crippen LogP contribution in [-0.2, 0) is 13.0 Å². The number of hydrogen-bond donors (Lipinski definition) is 0. The van der Waals surface area contributed by atoms with E-state index in [0.29, 0.717) is 5.15 Å². The Labute approximate surface area is 134 Å². The molecule has 3 rings (SSSR count). The lowest BCUT2D eigenvalue weighted by molar-refractivity contribution is 0.715. The van der Waals surface area contributed by atoms with Crippen LogP contribution in [0.4, 0.5) is 0 Å².